The first-order chi connectivity index (χ1) is 9.15. The van der Waals surface area contributed by atoms with Crippen LogP contribution < -0.4 is 15.8 Å². The summed E-state index contributed by atoms with van der Waals surface area (Å²) in [6, 6.07) is 5.33. The second kappa shape index (κ2) is 7.60. The topological polar surface area (TPSA) is 100 Å². The third-order valence-corrected chi connectivity index (χ3v) is 2.98. The molecule has 0 saturated heterocycles. The molecule has 5 N–H and O–H groups in total. The number of aliphatic hydroxyl groups excluding tert-OH is 1. The molecule has 0 bridgehead atoms. The summed E-state index contributed by atoms with van der Waals surface area (Å²) in [6.07, 6.45) is 0.832. The van der Waals surface area contributed by atoms with Crippen LogP contribution in [-0.4, -0.2) is 35.9 Å². The van der Waals surface area contributed by atoms with E-state index >= 15 is 0 Å². The van der Waals surface area contributed by atoms with Crippen LogP contribution in [0, 0.1) is 0 Å². The number of aliphatic hydroxyl groups is 1. The zero-order valence-corrected chi connectivity index (χ0v) is 11.3. The van der Waals surface area contributed by atoms with Gasteiger partial charge in [-0.05, 0) is 24.6 Å². The number of benzene rings is 1. The second-order valence-corrected chi connectivity index (χ2v) is 4.18. The molecule has 0 spiro atoms. The highest BCUT2D eigenvalue weighted by molar-refractivity contribution is 5.97. The molecule has 0 amide bonds. The molecule has 0 saturated carbocycles. The van der Waals surface area contributed by atoms with Gasteiger partial charge in [0, 0.05) is 23.7 Å². The van der Waals surface area contributed by atoms with Gasteiger partial charge in [-0.25, -0.2) is 0 Å². The fraction of sp³-hybridized carbons (Fsp3) is 0.462. The maximum atomic E-state index is 9.15. The van der Waals surface area contributed by atoms with Gasteiger partial charge in [0.25, 0.3) is 0 Å². The van der Waals surface area contributed by atoms with E-state index in [1.54, 1.807) is 25.3 Å². The smallest absolute Gasteiger partial charge is 0.170 e. The van der Waals surface area contributed by atoms with Crippen molar-refractivity contribution in [2.75, 3.05) is 13.7 Å². The van der Waals surface area contributed by atoms with E-state index in [-0.39, 0.29) is 18.5 Å². The molecule has 1 unspecified atom stereocenters. The highest BCUT2D eigenvalue weighted by Gasteiger charge is 2.09. The monoisotopic (exact) mass is 267 g/mol. The number of rotatable bonds is 7. The zero-order chi connectivity index (χ0) is 14.3. The Morgan fingerprint density at radius 3 is 2.79 bits per heavy atom. The Kier molecular flexibility index (Phi) is 6.11. The lowest BCUT2D eigenvalue weighted by Crippen LogP contribution is -2.31. The Bertz CT molecular complexity index is 431. The summed E-state index contributed by atoms with van der Waals surface area (Å²) < 4.78 is 5.27. The number of hydrogen-bond acceptors (Lipinski definition) is 5. The van der Waals surface area contributed by atoms with Gasteiger partial charge >= 0.3 is 0 Å². The van der Waals surface area contributed by atoms with Crippen molar-refractivity contribution in [3.05, 3.63) is 29.3 Å². The molecule has 6 nitrogen and oxygen atoms in total. The molecular weight excluding hydrogens is 246 g/mol. The number of nitrogens with two attached hydrogens (primary N) is 1. The van der Waals surface area contributed by atoms with Gasteiger partial charge < -0.3 is 26.1 Å². The standard InChI is InChI=1S/C13H21N3O3/c1-3-11(8-17)15-7-10-6-9(13(14)16-18)4-5-12(10)19-2/h4-6,11,15,17-18H,3,7-8H2,1-2H3,(H2,14,16). The van der Waals surface area contributed by atoms with E-state index in [9.17, 15) is 0 Å². The fourth-order valence-electron chi connectivity index (χ4n) is 1.73. The Balaban J connectivity index is 2.90. The first-order valence-electron chi connectivity index (χ1n) is 6.15. The van der Waals surface area contributed by atoms with Gasteiger partial charge in [-0.3, -0.25) is 0 Å². The number of amidine groups is 1. The Hall–Kier alpha value is -1.79. The minimum Gasteiger partial charge on any atom is -0.496 e. The molecule has 0 aliphatic rings. The molecule has 106 valence electrons. The van der Waals surface area contributed by atoms with Crippen molar-refractivity contribution < 1.29 is 15.1 Å². The van der Waals surface area contributed by atoms with E-state index in [4.69, 9.17) is 20.8 Å². The van der Waals surface area contributed by atoms with Gasteiger partial charge in [-0.15, -0.1) is 0 Å². The molecule has 19 heavy (non-hydrogen) atoms. The van der Waals surface area contributed by atoms with Crippen LogP contribution in [-0.2, 0) is 6.54 Å². The van der Waals surface area contributed by atoms with Crippen molar-refractivity contribution in [1.29, 1.82) is 0 Å². The Labute approximate surface area is 112 Å². The Morgan fingerprint density at radius 1 is 1.53 bits per heavy atom. The number of ether oxygens (including phenoxy) is 1. The first-order valence-corrected chi connectivity index (χ1v) is 6.15. The average Bonchev–Trinajstić information content (AvgIpc) is 2.47. The summed E-state index contributed by atoms with van der Waals surface area (Å²) in [5.74, 6) is 0.771. The van der Waals surface area contributed by atoms with E-state index in [0.717, 1.165) is 17.7 Å². The van der Waals surface area contributed by atoms with Crippen LogP contribution in [0.1, 0.15) is 24.5 Å². The molecule has 1 atom stereocenters. The van der Waals surface area contributed by atoms with E-state index in [1.807, 2.05) is 6.92 Å². The zero-order valence-electron chi connectivity index (χ0n) is 11.3. The predicted molar refractivity (Wildman–Crippen MR) is 73.5 cm³/mol. The molecule has 0 aliphatic carbocycles. The minimum atomic E-state index is 0.0391. The van der Waals surface area contributed by atoms with Gasteiger partial charge in [0.05, 0.1) is 13.7 Å². The van der Waals surface area contributed by atoms with Crippen LogP contribution in [0.25, 0.3) is 0 Å². The highest BCUT2D eigenvalue weighted by atomic mass is 16.5. The molecule has 1 rings (SSSR count). The van der Waals surface area contributed by atoms with Crippen LogP contribution in [0.2, 0.25) is 0 Å². The highest BCUT2D eigenvalue weighted by Crippen LogP contribution is 2.20. The van der Waals surface area contributed by atoms with Crippen molar-refractivity contribution >= 4 is 5.84 Å². The van der Waals surface area contributed by atoms with Crippen LogP contribution >= 0.6 is 0 Å². The lowest BCUT2D eigenvalue weighted by molar-refractivity contribution is 0.238. The molecule has 6 heteroatoms. The normalized spacial score (nSPS) is 13.3. The Morgan fingerprint density at radius 2 is 2.26 bits per heavy atom. The maximum absolute atomic E-state index is 9.15. The predicted octanol–water partition coefficient (Wildman–Crippen LogP) is 0.650. The van der Waals surface area contributed by atoms with Crippen molar-refractivity contribution in [3.63, 3.8) is 0 Å². The van der Waals surface area contributed by atoms with Crippen molar-refractivity contribution in [2.45, 2.75) is 25.9 Å². The number of oxime groups is 1. The summed E-state index contributed by atoms with van der Waals surface area (Å²) in [5.41, 5.74) is 7.07. The van der Waals surface area contributed by atoms with E-state index in [2.05, 4.69) is 10.5 Å². The molecule has 0 aromatic heterocycles. The van der Waals surface area contributed by atoms with Gasteiger partial charge in [0.2, 0.25) is 0 Å². The molecule has 1 aromatic carbocycles. The number of hydrogen-bond donors (Lipinski definition) is 4. The van der Waals surface area contributed by atoms with E-state index < -0.39 is 0 Å². The van der Waals surface area contributed by atoms with Crippen LogP contribution in [0.4, 0.5) is 0 Å². The summed E-state index contributed by atoms with van der Waals surface area (Å²) in [5, 5.41) is 24.0. The second-order valence-electron chi connectivity index (χ2n) is 4.18. The van der Waals surface area contributed by atoms with Crippen LogP contribution in [0.3, 0.4) is 0 Å². The van der Waals surface area contributed by atoms with Crippen LogP contribution in [0.15, 0.2) is 23.4 Å². The molecule has 0 aliphatic heterocycles. The number of methoxy groups -OCH3 is 1. The third kappa shape index (κ3) is 4.11. The largest absolute Gasteiger partial charge is 0.496 e. The van der Waals surface area contributed by atoms with Gasteiger partial charge in [-0.2, -0.15) is 0 Å². The lowest BCUT2D eigenvalue weighted by Gasteiger charge is -2.16. The first kappa shape index (κ1) is 15.3. The van der Waals surface area contributed by atoms with E-state index in [1.165, 1.54) is 0 Å². The maximum Gasteiger partial charge on any atom is 0.170 e. The minimum absolute atomic E-state index is 0.0391. The van der Waals surface area contributed by atoms with Gasteiger partial charge in [-0.1, -0.05) is 12.1 Å². The summed E-state index contributed by atoms with van der Waals surface area (Å²) in [4.78, 5) is 0. The van der Waals surface area contributed by atoms with Crippen molar-refractivity contribution in [2.24, 2.45) is 10.9 Å². The van der Waals surface area contributed by atoms with Crippen LogP contribution in [0.5, 0.6) is 5.75 Å². The van der Waals surface area contributed by atoms with E-state index in [0.29, 0.717) is 12.1 Å². The molecule has 0 fully saturated rings. The van der Waals surface area contributed by atoms with Crippen molar-refractivity contribution in [1.82, 2.24) is 5.32 Å². The summed E-state index contributed by atoms with van der Waals surface area (Å²) in [7, 11) is 1.59. The van der Waals surface area contributed by atoms with Gasteiger partial charge in [0.1, 0.15) is 5.75 Å². The molecule has 0 radical (unpaired) electrons. The molecule has 1 aromatic rings. The average molecular weight is 267 g/mol. The van der Waals surface area contributed by atoms with Gasteiger partial charge in [0.15, 0.2) is 5.84 Å². The summed E-state index contributed by atoms with van der Waals surface area (Å²) in [6.45, 7) is 2.62. The quantitative estimate of drug-likeness (QED) is 0.251. The molecular formula is C13H21N3O3. The SMILES string of the molecule is CCC(CO)NCc1cc(/C(N)=N/O)ccc1OC. The summed E-state index contributed by atoms with van der Waals surface area (Å²) >= 11 is 0. The number of nitrogens with one attached hydrogen (secondary N) is 1. The fourth-order valence-corrected chi connectivity index (χ4v) is 1.73. The molecule has 0 heterocycles. The van der Waals surface area contributed by atoms with Crippen molar-refractivity contribution in [3.8, 4) is 5.75 Å². The number of nitrogens with zero attached hydrogens (tertiary/aromatic N) is 1. The lowest BCUT2D eigenvalue weighted by atomic mass is 10.1. The third-order valence-electron chi connectivity index (χ3n) is 2.98.